The zero-order valence-corrected chi connectivity index (χ0v) is 14.4. The molecule has 0 aromatic heterocycles. The number of nitrogens with one attached hydrogen (secondary N) is 1. The van der Waals surface area contributed by atoms with Crippen molar-refractivity contribution < 1.29 is 0 Å². The van der Waals surface area contributed by atoms with Gasteiger partial charge in [0.05, 0.1) is 0 Å². The van der Waals surface area contributed by atoms with E-state index in [0.29, 0.717) is 0 Å². The lowest BCUT2D eigenvalue weighted by molar-refractivity contribution is 0.473. The molecular formula is C18H31ClN2. The molecule has 21 heavy (non-hydrogen) atoms. The van der Waals surface area contributed by atoms with Crippen molar-refractivity contribution in [1.29, 1.82) is 0 Å². The van der Waals surface area contributed by atoms with E-state index in [-0.39, 0.29) is 6.04 Å². The summed E-state index contributed by atoms with van der Waals surface area (Å²) in [5.74, 6) is 5.73. The first-order valence-electron chi connectivity index (χ1n) is 8.41. The second-order valence-electron chi connectivity index (χ2n) is 5.94. The van der Waals surface area contributed by atoms with E-state index in [2.05, 4.69) is 25.3 Å². The summed E-state index contributed by atoms with van der Waals surface area (Å²) in [5.41, 5.74) is 5.32. The van der Waals surface area contributed by atoms with Gasteiger partial charge in [0.1, 0.15) is 0 Å². The molecule has 0 fully saturated rings. The van der Waals surface area contributed by atoms with E-state index in [1.807, 2.05) is 12.1 Å². The molecule has 2 nitrogen and oxygen atoms in total. The van der Waals surface area contributed by atoms with E-state index in [1.54, 1.807) is 0 Å². The van der Waals surface area contributed by atoms with Gasteiger partial charge in [-0.1, -0.05) is 82.0 Å². The average Bonchev–Trinajstić information content (AvgIpc) is 2.49. The Morgan fingerprint density at radius 3 is 2.29 bits per heavy atom. The molecule has 0 spiro atoms. The van der Waals surface area contributed by atoms with Crippen LogP contribution < -0.4 is 11.3 Å². The third kappa shape index (κ3) is 6.82. The molecule has 0 aliphatic carbocycles. The Labute approximate surface area is 135 Å². The number of hydrogen-bond donors (Lipinski definition) is 2. The maximum absolute atomic E-state index is 6.19. The molecule has 1 aromatic rings. The molecule has 0 amide bonds. The Morgan fingerprint density at radius 1 is 1.05 bits per heavy atom. The predicted octanol–water partition coefficient (Wildman–Crippen LogP) is 5.68. The van der Waals surface area contributed by atoms with Crippen LogP contribution >= 0.6 is 11.6 Å². The van der Waals surface area contributed by atoms with Crippen LogP contribution in [0.5, 0.6) is 0 Å². The van der Waals surface area contributed by atoms with Gasteiger partial charge in [0, 0.05) is 11.1 Å². The van der Waals surface area contributed by atoms with Crippen LogP contribution in [0.2, 0.25) is 5.02 Å². The van der Waals surface area contributed by atoms with Crippen LogP contribution in [0.1, 0.15) is 81.9 Å². The lowest BCUT2D eigenvalue weighted by atomic mass is 9.96. The van der Waals surface area contributed by atoms with Gasteiger partial charge in [0.25, 0.3) is 0 Å². The summed E-state index contributed by atoms with van der Waals surface area (Å²) in [6.45, 7) is 4.33. The average molecular weight is 311 g/mol. The summed E-state index contributed by atoms with van der Waals surface area (Å²) in [4.78, 5) is 0. The van der Waals surface area contributed by atoms with Crippen molar-refractivity contribution in [2.75, 3.05) is 0 Å². The van der Waals surface area contributed by atoms with Crippen LogP contribution in [0.4, 0.5) is 0 Å². The third-order valence-corrected chi connectivity index (χ3v) is 4.64. The fourth-order valence-corrected chi connectivity index (χ4v) is 2.99. The molecule has 1 atom stereocenters. The van der Waals surface area contributed by atoms with E-state index in [4.69, 9.17) is 17.4 Å². The molecule has 3 N–H and O–H groups in total. The van der Waals surface area contributed by atoms with E-state index >= 15 is 0 Å². The lowest BCUT2D eigenvalue weighted by Crippen LogP contribution is -2.28. The SMILES string of the molecule is CCCCCCCCCCC(NN)c1cccc(Cl)c1C. The zero-order valence-electron chi connectivity index (χ0n) is 13.6. The van der Waals surface area contributed by atoms with E-state index < -0.39 is 0 Å². The van der Waals surface area contributed by atoms with Gasteiger partial charge in [0.15, 0.2) is 0 Å². The van der Waals surface area contributed by atoms with Gasteiger partial charge < -0.3 is 0 Å². The molecule has 120 valence electrons. The number of nitrogens with two attached hydrogens (primary N) is 1. The van der Waals surface area contributed by atoms with Gasteiger partial charge in [-0.2, -0.15) is 0 Å². The molecule has 1 unspecified atom stereocenters. The van der Waals surface area contributed by atoms with Crippen LogP contribution in [0.15, 0.2) is 18.2 Å². The lowest BCUT2D eigenvalue weighted by Gasteiger charge is -2.19. The van der Waals surface area contributed by atoms with Crippen molar-refractivity contribution in [2.45, 2.75) is 77.7 Å². The second kappa shape index (κ2) is 11.1. The third-order valence-electron chi connectivity index (χ3n) is 4.23. The van der Waals surface area contributed by atoms with Crippen molar-refractivity contribution in [1.82, 2.24) is 5.43 Å². The number of unbranched alkanes of at least 4 members (excludes halogenated alkanes) is 7. The highest BCUT2D eigenvalue weighted by Crippen LogP contribution is 2.27. The number of hydrazine groups is 1. The van der Waals surface area contributed by atoms with E-state index in [9.17, 15) is 0 Å². The fraction of sp³-hybridized carbons (Fsp3) is 0.667. The molecular weight excluding hydrogens is 280 g/mol. The maximum atomic E-state index is 6.19. The topological polar surface area (TPSA) is 38.0 Å². The number of halogens is 1. The molecule has 0 bridgehead atoms. The first kappa shape index (κ1) is 18.5. The molecule has 0 aliphatic heterocycles. The van der Waals surface area contributed by atoms with Crippen molar-refractivity contribution >= 4 is 11.6 Å². The minimum atomic E-state index is 0.212. The quantitative estimate of drug-likeness (QED) is 0.313. The van der Waals surface area contributed by atoms with Crippen molar-refractivity contribution in [3.63, 3.8) is 0 Å². The number of rotatable bonds is 11. The monoisotopic (exact) mass is 310 g/mol. The molecule has 0 saturated carbocycles. The van der Waals surface area contributed by atoms with Crippen molar-refractivity contribution in [3.8, 4) is 0 Å². The maximum Gasteiger partial charge on any atom is 0.0463 e. The Balaban J connectivity index is 2.27. The summed E-state index contributed by atoms with van der Waals surface area (Å²) in [6.07, 6.45) is 11.8. The highest BCUT2D eigenvalue weighted by atomic mass is 35.5. The van der Waals surface area contributed by atoms with Crippen LogP contribution in [0, 0.1) is 6.92 Å². The fourth-order valence-electron chi connectivity index (χ4n) is 2.81. The largest absolute Gasteiger partial charge is 0.271 e. The summed E-state index contributed by atoms with van der Waals surface area (Å²) in [6, 6.07) is 6.27. The van der Waals surface area contributed by atoms with E-state index in [1.165, 1.54) is 56.9 Å². The Bertz CT molecular complexity index is 393. The van der Waals surface area contributed by atoms with Crippen molar-refractivity contribution in [3.05, 3.63) is 34.3 Å². The minimum absolute atomic E-state index is 0.212. The normalized spacial score (nSPS) is 12.6. The minimum Gasteiger partial charge on any atom is -0.271 e. The zero-order chi connectivity index (χ0) is 15.5. The standard InChI is InChI=1S/C18H31ClN2/c1-3-4-5-6-7-8-9-10-14-18(21-20)16-12-11-13-17(19)15(16)2/h11-13,18,21H,3-10,14,20H2,1-2H3. The first-order chi connectivity index (χ1) is 10.2. The van der Waals surface area contributed by atoms with Gasteiger partial charge in [0.2, 0.25) is 0 Å². The second-order valence-corrected chi connectivity index (χ2v) is 6.34. The van der Waals surface area contributed by atoms with Crippen LogP contribution in [-0.2, 0) is 0 Å². The van der Waals surface area contributed by atoms with Crippen molar-refractivity contribution in [2.24, 2.45) is 5.84 Å². The number of hydrogen-bond acceptors (Lipinski definition) is 2. The van der Waals surface area contributed by atoms with Crippen LogP contribution in [-0.4, -0.2) is 0 Å². The van der Waals surface area contributed by atoms with Crippen LogP contribution in [0.25, 0.3) is 0 Å². The summed E-state index contributed by atoms with van der Waals surface area (Å²) in [7, 11) is 0. The molecule has 0 saturated heterocycles. The Hall–Kier alpha value is -0.570. The Kier molecular flexibility index (Phi) is 9.73. The predicted molar refractivity (Wildman–Crippen MR) is 93.5 cm³/mol. The molecule has 1 aromatic carbocycles. The smallest absolute Gasteiger partial charge is 0.0463 e. The van der Waals surface area contributed by atoms with Gasteiger partial charge >= 0.3 is 0 Å². The van der Waals surface area contributed by atoms with Gasteiger partial charge in [-0.15, -0.1) is 0 Å². The summed E-state index contributed by atoms with van der Waals surface area (Å²) < 4.78 is 0. The van der Waals surface area contributed by atoms with Gasteiger partial charge in [-0.05, 0) is 30.5 Å². The molecule has 0 aliphatic rings. The molecule has 0 heterocycles. The Morgan fingerprint density at radius 2 is 1.67 bits per heavy atom. The van der Waals surface area contributed by atoms with Gasteiger partial charge in [-0.3, -0.25) is 11.3 Å². The summed E-state index contributed by atoms with van der Waals surface area (Å²) >= 11 is 6.19. The van der Waals surface area contributed by atoms with Crippen LogP contribution in [0.3, 0.4) is 0 Å². The molecule has 0 radical (unpaired) electrons. The first-order valence-corrected chi connectivity index (χ1v) is 8.79. The number of benzene rings is 1. The van der Waals surface area contributed by atoms with Gasteiger partial charge in [-0.25, -0.2) is 0 Å². The highest BCUT2D eigenvalue weighted by molar-refractivity contribution is 6.31. The molecule has 1 rings (SSSR count). The van der Waals surface area contributed by atoms with E-state index in [0.717, 1.165) is 17.0 Å². The highest BCUT2D eigenvalue weighted by Gasteiger charge is 2.13. The summed E-state index contributed by atoms with van der Waals surface area (Å²) in [5, 5.41) is 0.823. The molecule has 3 heteroatoms.